The molecule has 4 N–H and O–H groups in total. The molecule has 8 rings (SSSR count). The van der Waals surface area contributed by atoms with E-state index in [9.17, 15) is 84.9 Å². The SMILES string of the molecule is COc1c(-c2ccc3cc(O)ccc3c2)cc(-n2ccc(=O)[nH]c2=O)cc1C(C)(C)C.COc1c(-c2ccc3cc(OS(=O)(=O)C(F)(F)C(F)(F)F)ccc3c2)cc(-n2ccc(=O)[nH]c2=O)cc1C(C)(C)C.O=S(=O)(F)C(F)(F)C(F)(F)F.[2H]OOC=O.[CH2-]F.[K+].[K+]. The zero-order valence-corrected chi connectivity index (χ0v) is 57.1. The molecule has 0 spiro atoms. The van der Waals surface area contributed by atoms with Crippen LogP contribution in [0.1, 0.15) is 52.7 Å². The minimum Gasteiger partial charge on any atom is -0.508 e. The van der Waals surface area contributed by atoms with Crippen LogP contribution in [0.2, 0.25) is 0 Å². The van der Waals surface area contributed by atoms with E-state index in [1.165, 1.54) is 52.9 Å². The second-order valence-corrected chi connectivity index (χ2v) is 23.3. The van der Waals surface area contributed by atoms with Gasteiger partial charge in [-0.25, -0.2) is 14.8 Å². The number of nitrogens with zero attached hydrogens (tertiary/aromatic N) is 2. The second kappa shape index (κ2) is 31.9. The summed E-state index contributed by atoms with van der Waals surface area (Å²) in [6, 6.07) is 28.9. The van der Waals surface area contributed by atoms with Gasteiger partial charge >= 0.3 is 164 Å². The summed E-state index contributed by atoms with van der Waals surface area (Å²) in [5.41, 5.74) is 2.69. The molecule has 0 aliphatic carbocycles. The van der Waals surface area contributed by atoms with Gasteiger partial charge < -0.3 is 28.0 Å². The number of phenolic OH excluding ortho intramolecular Hbond substituents is 1. The standard InChI is InChI=1S/C27H23F5N2O6S.C25H24N2O4.C2F6O2S.CH2F.CH2O3.2K/c1-25(2,3)21-14-18(34-10-9-22(35)33-24(34)36)13-20(23(21)39-4)17-6-5-16-12-19(8-7-15(16)11-17)40-41(37,38)27(31,32)26(28,29)30;1-25(2,3)21-14-18(27-10-9-22(29)26-24(27)30)13-20(23(21)31-4)17-6-5-16-12-19(28)8-7-15(16)11-17;3-1(4,5)2(6,7)11(8,9)10;1-2;2-1-4-3;;/h5-14H,1-4H3,(H,33,35,36);5-14,28H,1-4H3,(H,26,29,30);;1H2;1,3H;;/q;;;-1;;2*+1/i/hD. The molecule has 2 heterocycles. The van der Waals surface area contributed by atoms with Crippen molar-refractivity contribution in [2.45, 2.75) is 75.2 Å². The van der Waals surface area contributed by atoms with E-state index in [0.29, 0.717) is 33.6 Å². The van der Waals surface area contributed by atoms with E-state index in [-0.39, 0.29) is 126 Å². The van der Waals surface area contributed by atoms with Crippen molar-refractivity contribution in [3.05, 3.63) is 182 Å². The number of ether oxygens (including phenoxy) is 2. The van der Waals surface area contributed by atoms with Crippen molar-refractivity contribution in [2.24, 2.45) is 0 Å². The van der Waals surface area contributed by atoms with E-state index in [1.54, 1.807) is 50.7 Å². The van der Waals surface area contributed by atoms with Crippen LogP contribution in [0.4, 0.5) is 52.2 Å². The first-order valence-electron chi connectivity index (χ1n) is 25.0. The molecule has 0 fully saturated rings. The Labute approximate surface area is 595 Å². The Morgan fingerprint density at radius 1 is 0.549 bits per heavy atom. The first kappa shape index (κ1) is 79.4. The Hall–Kier alpha value is -5.84. The molecule has 19 nitrogen and oxygen atoms in total. The van der Waals surface area contributed by atoms with Crippen molar-refractivity contribution >= 4 is 48.4 Å². The third-order valence-electron chi connectivity index (χ3n) is 12.2. The van der Waals surface area contributed by atoms with E-state index in [0.717, 1.165) is 50.9 Å². The van der Waals surface area contributed by atoms with Crippen molar-refractivity contribution in [1.29, 1.82) is 1.43 Å². The Bertz CT molecular complexity index is 4410. The number of benzene rings is 6. The van der Waals surface area contributed by atoms with Gasteiger partial charge in [-0.3, -0.25) is 33.5 Å². The minimum atomic E-state index is -6.92. The molecule has 0 aliphatic heterocycles. The molecule has 0 radical (unpaired) electrons. The quantitative estimate of drug-likeness (QED) is 0.0167. The number of aromatic hydroxyl groups is 1. The summed E-state index contributed by atoms with van der Waals surface area (Å²) >= 11 is 0. The zero-order chi connectivity index (χ0) is 68.5. The van der Waals surface area contributed by atoms with Gasteiger partial charge in [0, 0.05) is 46.8 Å². The first-order chi connectivity index (χ1) is 41.4. The molecule has 6 aromatic carbocycles. The number of alkyl halides is 10. The van der Waals surface area contributed by atoms with Gasteiger partial charge in [-0.1, -0.05) is 81.8 Å². The Kier molecular flexibility index (Phi) is 27.8. The number of carbonyl (C=O) groups is 1. The fourth-order valence-corrected chi connectivity index (χ4v) is 9.05. The average molecular weight is 1390 g/mol. The zero-order valence-electron chi connectivity index (χ0n) is 50.2. The van der Waals surface area contributed by atoms with E-state index < -0.39 is 76.9 Å². The maximum atomic E-state index is 13.4. The van der Waals surface area contributed by atoms with Crippen LogP contribution in [0.15, 0.2) is 141 Å². The summed E-state index contributed by atoms with van der Waals surface area (Å²) in [6.45, 7) is 12.1. The van der Waals surface area contributed by atoms with Crippen LogP contribution in [0.5, 0.6) is 23.0 Å². The van der Waals surface area contributed by atoms with Crippen LogP contribution in [0, 0.1) is 7.18 Å². The number of aromatic nitrogens is 4. The Balaban J connectivity index is 0.000000496. The third kappa shape index (κ3) is 19.6. The summed E-state index contributed by atoms with van der Waals surface area (Å²) in [5, 5.41) is 3.03. The molecule has 0 unspecified atom stereocenters. The van der Waals surface area contributed by atoms with Crippen molar-refractivity contribution in [3.8, 4) is 56.6 Å². The molecule has 0 saturated carbocycles. The number of H-pyrrole nitrogens is 2. The smallest absolute Gasteiger partial charge is 0.508 e. The number of carbonyl (C=O) groups excluding carboxylic acids is 1. The van der Waals surface area contributed by atoms with Crippen molar-refractivity contribution in [3.63, 3.8) is 0 Å². The van der Waals surface area contributed by atoms with E-state index >= 15 is 0 Å². The van der Waals surface area contributed by atoms with Crippen LogP contribution >= 0.6 is 0 Å². The van der Waals surface area contributed by atoms with Gasteiger partial charge in [-0.05, 0) is 104 Å². The minimum absolute atomic E-state index is 0. The van der Waals surface area contributed by atoms with Gasteiger partial charge in [0.2, 0.25) is 0 Å². The summed E-state index contributed by atoms with van der Waals surface area (Å²) in [7, 11) is -8.44. The molecule has 8 aromatic rings. The molecular formula is C56H51F12K2N4O15S2+. The molecule has 0 atom stereocenters. The van der Waals surface area contributed by atoms with Crippen molar-refractivity contribution < 1.29 is 205 Å². The fourth-order valence-electron chi connectivity index (χ4n) is 8.03. The van der Waals surface area contributed by atoms with E-state index in [2.05, 4.69) is 45.1 Å². The Morgan fingerprint density at radius 2 is 0.923 bits per heavy atom. The number of nitrogens with one attached hydrogen (secondary N) is 2. The largest absolute Gasteiger partial charge is 1.00 e. The van der Waals surface area contributed by atoms with Gasteiger partial charge in [0.15, 0.2) is 0 Å². The predicted octanol–water partition coefficient (Wildman–Crippen LogP) is 5.70. The summed E-state index contributed by atoms with van der Waals surface area (Å²) < 4.78 is 206. The van der Waals surface area contributed by atoms with Gasteiger partial charge in [0.05, 0.1) is 25.6 Å². The third-order valence-corrected chi connectivity index (χ3v) is 14.3. The number of hydrogen-bond donors (Lipinski definition) is 4. The van der Waals surface area contributed by atoms with Crippen molar-refractivity contribution in [2.75, 3.05) is 14.2 Å². The van der Waals surface area contributed by atoms with E-state index in [4.69, 9.17) is 24.1 Å². The van der Waals surface area contributed by atoms with Crippen LogP contribution in [-0.4, -0.2) is 89.9 Å². The topological polar surface area (TPSA) is 272 Å². The number of halogens is 12. The second-order valence-electron chi connectivity index (χ2n) is 20.3. The fraction of sp³-hybridized carbons (Fsp3) is 0.250. The van der Waals surface area contributed by atoms with Crippen LogP contribution < -0.4 is 139 Å². The van der Waals surface area contributed by atoms with E-state index in [1.807, 2.05) is 57.2 Å². The molecule has 0 bridgehead atoms. The summed E-state index contributed by atoms with van der Waals surface area (Å²) in [6.07, 6.45) is -9.97. The normalized spacial score (nSPS) is 12.0. The van der Waals surface area contributed by atoms with Gasteiger partial charge in [-0.15, -0.1) is 0 Å². The number of methoxy groups -OCH3 is 2. The van der Waals surface area contributed by atoms with Crippen LogP contribution in [0.25, 0.3) is 56.6 Å². The molecule has 0 aliphatic rings. The number of hydrogen-bond acceptors (Lipinski definition) is 15. The molecule has 35 heteroatoms. The maximum absolute atomic E-state index is 13.4. The number of rotatable bonds is 12. The number of phenols is 1. The summed E-state index contributed by atoms with van der Waals surface area (Å²) in [5.74, 6) is 0.693. The molecule has 2 aromatic heterocycles. The Morgan fingerprint density at radius 3 is 1.24 bits per heavy atom. The molecular weight excluding hydrogens is 1340 g/mol. The molecule has 482 valence electrons. The first-order valence-corrected chi connectivity index (χ1v) is 27.4. The predicted molar refractivity (Wildman–Crippen MR) is 301 cm³/mol. The van der Waals surface area contributed by atoms with Gasteiger partial charge in [0.1, 0.15) is 23.0 Å². The molecule has 0 amide bonds. The van der Waals surface area contributed by atoms with Crippen LogP contribution in [-0.2, 0) is 40.9 Å². The van der Waals surface area contributed by atoms with Crippen LogP contribution in [0.3, 0.4) is 0 Å². The molecule has 91 heavy (non-hydrogen) atoms. The molecule has 0 saturated heterocycles. The maximum Gasteiger partial charge on any atom is 1.00 e. The number of fused-ring (bicyclic) bond motifs is 2. The van der Waals surface area contributed by atoms with Gasteiger partial charge in [-0.2, -0.15) is 67.9 Å². The van der Waals surface area contributed by atoms with Gasteiger partial charge in [0.25, 0.3) is 12.5 Å². The number of aromatic amines is 2. The average Bonchev–Trinajstić information content (AvgIpc) is 0.782. The monoisotopic (exact) mass is 1390 g/mol. The summed E-state index contributed by atoms with van der Waals surface area (Å²) in [4.78, 5) is 64.9. The van der Waals surface area contributed by atoms with Crippen molar-refractivity contribution in [1.82, 2.24) is 19.1 Å².